The summed E-state index contributed by atoms with van der Waals surface area (Å²) in [6.45, 7) is 7.58. The van der Waals surface area contributed by atoms with Crippen molar-refractivity contribution in [3.05, 3.63) is 89.8 Å². The van der Waals surface area contributed by atoms with Crippen molar-refractivity contribution in [2.24, 2.45) is 0 Å². The Bertz CT molecular complexity index is 1360. The third-order valence-electron chi connectivity index (χ3n) is 6.45. The largest absolute Gasteiger partial charge is 0.493 e. The van der Waals surface area contributed by atoms with E-state index < -0.39 is 11.6 Å². The predicted octanol–water partition coefficient (Wildman–Crippen LogP) is 7.52. The molecule has 0 fully saturated rings. The van der Waals surface area contributed by atoms with Crippen molar-refractivity contribution in [1.82, 2.24) is 4.98 Å². The molecule has 0 bridgehead atoms. The number of ether oxygens (including phenoxy) is 2. The summed E-state index contributed by atoms with van der Waals surface area (Å²) in [5, 5.41) is 9.44. The quantitative estimate of drug-likeness (QED) is 0.211. The number of hydrogen-bond acceptors (Lipinski definition) is 5. The summed E-state index contributed by atoms with van der Waals surface area (Å²) in [5.74, 6) is 1.66. The van der Waals surface area contributed by atoms with Crippen molar-refractivity contribution >= 4 is 5.97 Å². The molecule has 198 valence electrons. The normalized spacial score (nSPS) is 11.4. The maximum absolute atomic E-state index is 11.5. The Kier molecular flexibility index (Phi) is 8.52. The molecule has 1 N–H and O–H groups in total. The fraction of sp³-hybridized carbons (Fsp3) is 0.312. The number of rotatable bonds is 12. The number of carboxylic acids is 1. The molecular formula is C32H35NO5. The average molecular weight is 514 g/mol. The van der Waals surface area contributed by atoms with Gasteiger partial charge in [0, 0.05) is 12.0 Å². The first kappa shape index (κ1) is 27.0. The van der Waals surface area contributed by atoms with E-state index in [1.165, 1.54) is 5.56 Å². The van der Waals surface area contributed by atoms with E-state index in [1.54, 1.807) is 19.9 Å². The van der Waals surface area contributed by atoms with Gasteiger partial charge >= 0.3 is 5.97 Å². The molecule has 1 aromatic heterocycles. The van der Waals surface area contributed by atoms with Crippen LogP contribution in [0.1, 0.15) is 50.6 Å². The van der Waals surface area contributed by atoms with Crippen molar-refractivity contribution in [1.29, 1.82) is 0 Å². The van der Waals surface area contributed by atoms with E-state index in [1.807, 2.05) is 49.4 Å². The zero-order valence-electron chi connectivity index (χ0n) is 22.5. The van der Waals surface area contributed by atoms with Crippen LogP contribution in [-0.2, 0) is 17.6 Å². The topological polar surface area (TPSA) is 81.8 Å². The van der Waals surface area contributed by atoms with E-state index >= 15 is 0 Å². The fourth-order valence-electron chi connectivity index (χ4n) is 4.11. The number of hydrogen-bond donors (Lipinski definition) is 1. The summed E-state index contributed by atoms with van der Waals surface area (Å²) in [4.78, 5) is 16.2. The van der Waals surface area contributed by atoms with Gasteiger partial charge in [-0.1, -0.05) is 55.8 Å². The summed E-state index contributed by atoms with van der Waals surface area (Å²) >= 11 is 0. The first-order valence-electron chi connectivity index (χ1n) is 13.1. The third kappa shape index (κ3) is 6.62. The van der Waals surface area contributed by atoms with Gasteiger partial charge < -0.3 is 19.0 Å². The smallest absolute Gasteiger partial charge is 0.347 e. The summed E-state index contributed by atoms with van der Waals surface area (Å²) in [5.41, 5.74) is 3.74. The van der Waals surface area contributed by atoms with Crippen LogP contribution >= 0.6 is 0 Å². The number of carboxylic acid groups (broad SMARTS) is 1. The van der Waals surface area contributed by atoms with E-state index in [-0.39, 0.29) is 0 Å². The number of benzene rings is 3. The molecule has 0 unspecified atom stereocenters. The lowest BCUT2D eigenvalue weighted by Crippen LogP contribution is -2.38. The lowest BCUT2D eigenvalue weighted by atomic mass is 10.0. The van der Waals surface area contributed by atoms with E-state index in [0.717, 1.165) is 53.2 Å². The number of unbranched alkanes of at least 4 members (excludes halogenated alkanes) is 1. The predicted molar refractivity (Wildman–Crippen MR) is 149 cm³/mol. The van der Waals surface area contributed by atoms with Gasteiger partial charge in [0.15, 0.2) is 5.60 Å². The van der Waals surface area contributed by atoms with Crippen LogP contribution in [0.25, 0.3) is 22.6 Å². The van der Waals surface area contributed by atoms with Crippen LogP contribution in [0.2, 0.25) is 0 Å². The monoisotopic (exact) mass is 513 g/mol. The zero-order chi connectivity index (χ0) is 27.1. The number of aryl methyl sites for hydroxylation is 2. The van der Waals surface area contributed by atoms with Gasteiger partial charge in [0.2, 0.25) is 5.89 Å². The van der Waals surface area contributed by atoms with E-state index in [4.69, 9.17) is 18.9 Å². The standard InChI is InChI=1S/C32H35NO5/c1-5-6-10-26-21-27(17-18-29(26)38-32(3,4)31(34)35)36-20-19-28-22(2)37-30(33-28)25-15-13-24(14-16-25)23-11-8-7-9-12-23/h7-9,11-18,21H,5-6,10,19-20H2,1-4H3,(H,34,35). The van der Waals surface area contributed by atoms with Gasteiger partial charge in [0.05, 0.1) is 12.3 Å². The van der Waals surface area contributed by atoms with Gasteiger partial charge in [-0.15, -0.1) is 0 Å². The lowest BCUT2D eigenvalue weighted by Gasteiger charge is -2.23. The molecule has 0 saturated heterocycles. The molecule has 0 aliphatic heterocycles. The molecule has 0 atom stereocenters. The Labute approximate surface area is 224 Å². The first-order chi connectivity index (χ1) is 18.3. The number of aromatic nitrogens is 1. The molecule has 4 aromatic rings. The average Bonchev–Trinajstić information content (AvgIpc) is 3.29. The summed E-state index contributed by atoms with van der Waals surface area (Å²) in [7, 11) is 0. The molecule has 6 heteroatoms. The molecule has 1 heterocycles. The summed E-state index contributed by atoms with van der Waals surface area (Å²) in [6, 6.07) is 24.0. The minimum Gasteiger partial charge on any atom is -0.493 e. The molecule has 0 aliphatic rings. The molecule has 4 rings (SSSR count). The molecule has 0 saturated carbocycles. The van der Waals surface area contributed by atoms with Crippen molar-refractivity contribution in [2.45, 2.75) is 59.0 Å². The van der Waals surface area contributed by atoms with Gasteiger partial charge in [-0.3, -0.25) is 0 Å². The van der Waals surface area contributed by atoms with Crippen LogP contribution in [0.5, 0.6) is 11.5 Å². The highest BCUT2D eigenvalue weighted by molar-refractivity contribution is 5.77. The highest BCUT2D eigenvalue weighted by Crippen LogP contribution is 2.30. The lowest BCUT2D eigenvalue weighted by molar-refractivity contribution is -0.152. The van der Waals surface area contributed by atoms with Gasteiger partial charge in [0.1, 0.15) is 17.3 Å². The number of oxazole rings is 1. The molecule has 0 aliphatic carbocycles. The molecule has 0 radical (unpaired) electrons. The SMILES string of the molecule is CCCCc1cc(OCCc2nc(-c3ccc(-c4ccccc4)cc3)oc2C)ccc1OC(C)(C)C(=O)O. The highest BCUT2D eigenvalue weighted by atomic mass is 16.5. The maximum atomic E-state index is 11.5. The van der Waals surface area contributed by atoms with Crippen molar-refractivity contribution in [2.75, 3.05) is 6.61 Å². The Hall–Kier alpha value is -4.06. The maximum Gasteiger partial charge on any atom is 0.347 e. The van der Waals surface area contributed by atoms with E-state index in [9.17, 15) is 9.90 Å². The number of nitrogens with zero attached hydrogens (tertiary/aromatic N) is 1. The zero-order valence-corrected chi connectivity index (χ0v) is 22.5. The van der Waals surface area contributed by atoms with Crippen LogP contribution in [0.15, 0.2) is 77.2 Å². The van der Waals surface area contributed by atoms with Gasteiger partial charge in [-0.25, -0.2) is 9.78 Å². The molecule has 0 spiro atoms. The second kappa shape index (κ2) is 12.0. The Morgan fingerprint density at radius 2 is 1.63 bits per heavy atom. The minimum absolute atomic E-state index is 0.438. The van der Waals surface area contributed by atoms with Crippen LogP contribution in [0.4, 0.5) is 0 Å². The Morgan fingerprint density at radius 1 is 0.947 bits per heavy atom. The van der Waals surface area contributed by atoms with Gasteiger partial charge in [-0.05, 0) is 80.6 Å². The Morgan fingerprint density at radius 3 is 2.32 bits per heavy atom. The summed E-state index contributed by atoms with van der Waals surface area (Å²) in [6.07, 6.45) is 3.38. The van der Waals surface area contributed by atoms with Crippen LogP contribution in [0, 0.1) is 6.92 Å². The molecular weight excluding hydrogens is 478 g/mol. The van der Waals surface area contributed by atoms with Gasteiger partial charge in [-0.2, -0.15) is 0 Å². The number of carbonyl (C=O) groups is 1. The second-order valence-corrected chi connectivity index (χ2v) is 9.85. The molecule has 3 aromatic carbocycles. The summed E-state index contributed by atoms with van der Waals surface area (Å²) < 4.78 is 17.8. The third-order valence-corrected chi connectivity index (χ3v) is 6.45. The fourth-order valence-corrected chi connectivity index (χ4v) is 4.11. The minimum atomic E-state index is -1.31. The molecule has 38 heavy (non-hydrogen) atoms. The van der Waals surface area contributed by atoms with Crippen LogP contribution in [0.3, 0.4) is 0 Å². The van der Waals surface area contributed by atoms with Crippen molar-refractivity contribution < 1.29 is 23.8 Å². The van der Waals surface area contributed by atoms with E-state index in [2.05, 4.69) is 31.2 Å². The highest BCUT2D eigenvalue weighted by Gasteiger charge is 2.30. The van der Waals surface area contributed by atoms with Crippen molar-refractivity contribution in [3.63, 3.8) is 0 Å². The first-order valence-corrected chi connectivity index (χ1v) is 13.1. The van der Waals surface area contributed by atoms with Crippen molar-refractivity contribution in [3.8, 4) is 34.1 Å². The Balaban J connectivity index is 1.41. The van der Waals surface area contributed by atoms with Gasteiger partial charge in [0.25, 0.3) is 0 Å². The molecule has 6 nitrogen and oxygen atoms in total. The van der Waals surface area contributed by atoms with Crippen LogP contribution in [-0.4, -0.2) is 28.3 Å². The molecule has 0 amide bonds. The number of aliphatic carboxylic acids is 1. The second-order valence-electron chi connectivity index (χ2n) is 9.85. The van der Waals surface area contributed by atoms with E-state index in [0.29, 0.717) is 24.7 Å². The van der Waals surface area contributed by atoms with Crippen LogP contribution < -0.4 is 9.47 Å².